The Morgan fingerprint density at radius 1 is 1.29 bits per heavy atom. The third kappa shape index (κ3) is 3.17. The van der Waals surface area contributed by atoms with E-state index in [9.17, 15) is 4.79 Å². The van der Waals surface area contributed by atoms with Gasteiger partial charge in [0, 0.05) is 16.3 Å². The van der Waals surface area contributed by atoms with Gasteiger partial charge in [-0.3, -0.25) is 4.79 Å². The molecule has 0 saturated carbocycles. The number of thiophene rings is 1. The highest BCUT2D eigenvalue weighted by atomic mass is 32.1. The molecule has 0 bridgehead atoms. The van der Waals surface area contributed by atoms with E-state index in [2.05, 4.69) is 11.4 Å². The number of benzene rings is 1. The van der Waals surface area contributed by atoms with Crippen LogP contribution in [0.15, 0.2) is 36.4 Å². The standard InChI is InChI=1S/C17H20N2OS/c18-10-15(12-5-2-1-3-6-12)17(20)19-11-14-9-13-7-4-8-16(13)21-14/h1-3,5-6,9,15H,4,7-8,10-11,18H2,(H,19,20). The summed E-state index contributed by atoms with van der Waals surface area (Å²) in [5, 5.41) is 3.03. The number of carbonyl (C=O) groups is 1. The van der Waals surface area contributed by atoms with Crippen LogP contribution in [0.1, 0.15) is 33.2 Å². The summed E-state index contributed by atoms with van der Waals surface area (Å²) in [6, 6.07) is 12.0. The molecule has 3 rings (SSSR count). The van der Waals surface area contributed by atoms with E-state index in [0.29, 0.717) is 13.1 Å². The van der Waals surface area contributed by atoms with E-state index < -0.39 is 0 Å². The average Bonchev–Trinajstić information content (AvgIpc) is 3.08. The summed E-state index contributed by atoms with van der Waals surface area (Å²) in [5.74, 6) is -0.254. The van der Waals surface area contributed by atoms with Gasteiger partial charge in [0.05, 0.1) is 12.5 Å². The molecule has 4 heteroatoms. The second-order valence-electron chi connectivity index (χ2n) is 5.43. The van der Waals surface area contributed by atoms with Gasteiger partial charge in [0.15, 0.2) is 0 Å². The van der Waals surface area contributed by atoms with Crippen LogP contribution in [0.2, 0.25) is 0 Å². The topological polar surface area (TPSA) is 55.1 Å². The summed E-state index contributed by atoms with van der Waals surface area (Å²) < 4.78 is 0. The molecule has 1 aromatic carbocycles. The number of nitrogens with one attached hydrogen (secondary N) is 1. The van der Waals surface area contributed by atoms with Crippen LogP contribution < -0.4 is 11.1 Å². The van der Waals surface area contributed by atoms with Crippen molar-refractivity contribution in [1.29, 1.82) is 0 Å². The molecule has 1 atom stereocenters. The first-order valence-corrected chi connectivity index (χ1v) is 8.22. The molecule has 2 aromatic rings. The van der Waals surface area contributed by atoms with Gasteiger partial charge < -0.3 is 11.1 Å². The van der Waals surface area contributed by atoms with Gasteiger partial charge in [-0.1, -0.05) is 30.3 Å². The van der Waals surface area contributed by atoms with Gasteiger partial charge in [0.2, 0.25) is 5.91 Å². The van der Waals surface area contributed by atoms with Gasteiger partial charge in [0.1, 0.15) is 0 Å². The van der Waals surface area contributed by atoms with Gasteiger partial charge in [-0.2, -0.15) is 0 Å². The number of amides is 1. The molecule has 3 N–H and O–H groups in total. The molecule has 1 aliphatic carbocycles. The smallest absolute Gasteiger partial charge is 0.229 e. The molecular formula is C17H20N2OS. The highest BCUT2D eigenvalue weighted by Crippen LogP contribution is 2.30. The van der Waals surface area contributed by atoms with E-state index in [1.54, 1.807) is 0 Å². The number of carbonyl (C=O) groups excluding carboxylic acids is 1. The van der Waals surface area contributed by atoms with Crippen molar-refractivity contribution in [3.05, 3.63) is 57.3 Å². The van der Waals surface area contributed by atoms with Gasteiger partial charge in [-0.15, -0.1) is 11.3 Å². The molecule has 1 aliphatic rings. The highest BCUT2D eigenvalue weighted by molar-refractivity contribution is 7.12. The monoisotopic (exact) mass is 300 g/mol. The molecule has 0 fully saturated rings. The number of nitrogens with two attached hydrogens (primary N) is 1. The van der Waals surface area contributed by atoms with Gasteiger partial charge in [0.25, 0.3) is 0 Å². The normalized spacial score (nSPS) is 14.7. The number of hydrogen-bond donors (Lipinski definition) is 2. The fraction of sp³-hybridized carbons (Fsp3) is 0.353. The van der Waals surface area contributed by atoms with Crippen LogP contribution in [-0.4, -0.2) is 12.5 Å². The van der Waals surface area contributed by atoms with Crippen molar-refractivity contribution in [2.45, 2.75) is 31.7 Å². The number of hydrogen-bond acceptors (Lipinski definition) is 3. The van der Waals surface area contributed by atoms with E-state index >= 15 is 0 Å². The Balaban J connectivity index is 1.62. The minimum absolute atomic E-state index is 0.0114. The second-order valence-corrected chi connectivity index (χ2v) is 6.65. The van der Waals surface area contributed by atoms with Crippen molar-refractivity contribution in [3.63, 3.8) is 0 Å². The Hall–Kier alpha value is -1.65. The molecule has 0 spiro atoms. The zero-order valence-electron chi connectivity index (χ0n) is 12.0. The lowest BCUT2D eigenvalue weighted by Crippen LogP contribution is -2.32. The molecule has 1 aromatic heterocycles. The van der Waals surface area contributed by atoms with Crippen LogP contribution in [0.4, 0.5) is 0 Å². The molecule has 21 heavy (non-hydrogen) atoms. The number of fused-ring (bicyclic) bond motifs is 1. The summed E-state index contributed by atoms with van der Waals surface area (Å²) in [7, 11) is 0. The first kappa shape index (κ1) is 14.3. The van der Waals surface area contributed by atoms with Crippen LogP contribution in [0.25, 0.3) is 0 Å². The van der Waals surface area contributed by atoms with Gasteiger partial charge >= 0.3 is 0 Å². The quantitative estimate of drug-likeness (QED) is 0.892. The summed E-state index contributed by atoms with van der Waals surface area (Å²) in [6.45, 7) is 0.941. The lowest BCUT2D eigenvalue weighted by Gasteiger charge is -2.14. The van der Waals surface area contributed by atoms with Crippen LogP contribution >= 0.6 is 11.3 Å². The summed E-state index contributed by atoms with van der Waals surface area (Å²) in [6.07, 6.45) is 3.66. The fourth-order valence-corrected chi connectivity index (χ4v) is 4.06. The maximum absolute atomic E-state index is 12.3. The Morgan fingerprint density at radius 3 is 2.81 bits per heavy atom. The molecule has 1 amide bonds. The lowest BCUT2D eigenvalue weighted by atomic mass is 9.98. The molecule has 1 unspecified atom stereocenters. The van der Waals surface area contributed by atoms with Crippen LogP contribution in [0, 0.1) is 0 Å². The minimum Gasteiger partial charge on any atom is -0.351 e. The molecule has 110 valence electrons. The maximum Gasteiger partial charge on any atom is 0.229 e. The minimum atomic E-state index is -0.266. The second kappa shape index (κ2) is 6.41. The van der Waals surface area contributed by atoms with E-state index in [0.717, 1.165) is 5.56 Å². The molecule has 3 nitrogen and oxygen atoms in total. The van der Waals surface area contributed by atoms with Crippen molar-refractivity contribution >= 4 is 17.2 Å². The first-order chi connectivity index (χ1) is 10.3. The predicted molar refractivity (Wildman–Crippen MR) is 86.4 cm³/mol. The number of aryl methyl sites for hydroxylation is 2. The zero-order valence-corrected chi connectivity index (χ0v) is 12.8. The molecule has 1 heterocycles. The van der Waals surface area contributed by atoms with Crippen molar-refractivity contribution in [2.75, 3.05) is 6.54 Å². The Bertz CT molecular complexity index is 599. The van der Waals surface area contributed by atoms with E-state index in [4.69, 9.17) is 5.73 Å². The first-order valence-electron chi connectivity index (χ1n) is 7.41. The average molecular weight is 300 g/mol. The molecule has 0 radical (unpaired) electrons. The number of rotatable bonds is 5. The summed E-state index contributed by atoms with van der Waals surface area (Å²) in [4.78, 5) is 15.1. The van der Waals surface area contributed by atoms with E-state index in [1.165, 1.54) is 34.6 Å². The van der Waals surface area contributed by atoms with Gasteiger partial charge in [-0.25, -0.2) is 0 Å². The maximum atomic E-state index is 12.3. The van der Waals surface area contributed by atoms with Crippen LogP contribution in [0.5, 0.6) is 0 Å². The van der Waals surface area contributed by atoms with Crippen molar-refractivity contribution < 1.29 is 4.79 Å². The predicted octanol–water partition coefficient (Wildman–Crippen LogP) is 2.60. The third-order valence-electron chi connectivity index (χ3n) is 3.99. The molecular weight excluding hydrogens is 280 g/mol. The third-order valence-corrected chi connectivity index (χ3v) is 5.23. The fourth-order valence-electron chi connectivity index (χ4n) is 2.86. The molecule has 0 saturated heterocycles. The summed E-state index contributed by atoms with van der Waals surface area (Å²) >= 11 is 1.83. The van der Waals surface area contributed by atoms with Crippen molar-refractivity contribution in [3.8, 4) is 0 Å². The largest absolute Gasteiger partial charge is 0.351 e. The van der Waals surface area contributed by atoms with Crippen molar-refractivity contribution in [2.24, 2.45) is 5.73 Å². The highest BCUT2D eigenvalue weighted by Gasteiger charge is 2.19. The molecule has 0 aliphatic heterocycles. The Labute approximate surface area is 129 Å². The van der Waals surface area contributed by atoms with Crippen molar-refractivity contribution in [1.82, 2.24) is 5.32 Å². The van der Waals surface area contributed by atoms with Crippen LogP contribution in [-0.2, 0) is 24.2 Å². The Morgan fingerprint density at radius 2 is 2.10 bits per heavy atom. The Kier molecular flexibility index (Phi) is 4.36. The van der Waals surface area contributed by atoms with E-state index in [1.807, 2.05) is 41.7 Å². The SMILES string of the molecule is NCC(C(=O)NCc1cc2c(s1)CCC2)c1ccccc1. The van der Waals surface area contributed by atoms with Gasteiger partial charge in [-0.05, 0) is 36.5 Å². The zero-order chi connectivity index (χ0) is 14.7. The van der Waals surface area contributed by atoms with Crippen LogP contribution in [0.3, 0.4) is 0 Å². The van der Waals surface area contributed by atoms with E-state index in [-0.39, 0.29) is 11.8 Å². The summed E-state index contributed by atoms with van der Waals surface area (Å²) in [5.41, 5.74) is 8.23. The lowest BCUT2D eigenvalue weighted by molar-refractivity contribution is -0.122.